The number of rotatable bonds is 5. The molecule has 4 heteroatoms. The predicted octanol–water partition coefficient (Wildman–Crippen LogP) is 3.61. The summed E-state index contributed by atoms with van der Waals surface area (Å²) < 4.78 is 5.74. The second-order valence-electron chi connectivity index (χ2n) is 5.47. The van der Waals surface area contributed by atoms with Crippen molar-refractivity contribution in [3.8, 4) is 5.75 Å². The van der Waals surface area contributed by atoms with Gasteiger partial charge in [0.2, 0.25) is 0 Å². The lowest BCUT2D eigenvalue weighted by Gasteiger charge is -2.20. The topological polar surface area (TPSA) is 34.1 Å². The zero-order valence-corrected chi connectivity index (χ0v) is 12.5. The Morgan fingerprint density at radius 2 is 2.16 bits per heavy atom. The Morgan fingerprint density at radius 3 is 2.84 bits per heavy atom. The van der Waals surface area contributed by atoms with E-state index in [0.717, 1.165) is 17.3 Å². The largest absolute Gasteiger partial charge is 0.486 e. The molecular weight excluding hydrogens is 256 g/mol. The maximum atomic E-state index is 5.74. The van der Waals surface area contributed by atoms with Crippen molar-refractivity contribution in [2.24, 2.45) is 0 Å². The second-order valence-corrected chi connectivity index (χ2v) is 6.44. The number of hydrogen-bond donors (Lipinski definition) is 1. The van der Waals surface area contributed by atoms with E-state index in [2.05, 4.69) is 43.2 Å². The molecule has 19 heavy (non-hydrogen) atoms. The van der Waals surface area contributed by atoms with Crippen molar-refractivity contribution < 1.29 is 4.74 Å². The minimum absolute atomic E-state index is 0.123. The van der Waals surface area contributed by atoms with Crippen molar-refractivity contribution in [3.63, 3.8) is 0 Å². The Bertz CT molecular complexity index is 503. The van der Waals surface area contributed by atoms with E-state index in [1.165, 1.54) is 5.56 Å². The lowest BCUT2D eigenvalue weighted by atomic mass is 10.1. The number of aromatic nitrogens is 1. The van der Waals surface area contributed by atoms with Crippen molar-refractivity contribution in [2.75, 3.05) is 0 Å². The molecular formula is C15H20N2OS. The molecule has 0 saturated carbocycles. The summed E-state index contributed by atoms with van der Waals surface area (Å²) in [7, 11) is 0. The van der Waals surface area contributed by atoms with Gasteiger partial charge in [0.15, 0.2) is 0 Å². The van der Waals surface area contributed by atoms with E-state index < -0.39 is 0 Å². The quantitative estimate of drug-likeness (QED) is 0.906. The number of nitrogens with zero attached hydrogens (tertiary/aromatic N) is 1. The fourth-order valence-electron chi connectivity index (χ4n) is 1.58. The average Bonchev–Trinajstić information content (AvgIpc) is 2.87. The third-order valence-electron chi connectivity index (χ3n) is 2.57. The van der Waals surface area contributed by atoms with Crippen LogP contribution in [0.2, 0.25) is 0 Å². The van der Waals surface area contributed by atoms with Crippen molar-refractivity contribution >= 4 is 11.3 Å². The number of nitrogens with one attached hydrogen (secondary N) is 1. The molecule has 0 amide bonds. The van der Waals surface area contributed by atoms with Gasteiger partial charge < -0.3 is 10.1 Å². The number of benzene rings is 1. The standard InChI is InChI=1S/C15H20N2OS/c1-15(2,3)17-10-12-5-4-6-13(9-12)18-11-14-16-7-8-19-14/h4-9,17H,10-11H2,1-3H3. The fraction of sp³-hybridized carbons (Fsp3) is 0.400. The predicted molar refractivity (Wildman–Crippen MR) is 79.5 cm³/mol. The molecule has 0 atom stereocenters. The lowest BCUT2D eigenvalue weighted by molar-refractivity contribution is 0.305. The average molecular weight is 276 g/mol. The maximum absolute atomic E-state index is 5.74. The summed E-state index contributed by atoms with van der Waals surface area (Å²) in [4.78, 5) is 4.20. The Kier molecular flexibility index (Phi) is 4.56. The van der Waals surface area contributed by atoms with Gasteiger partial charge in [-0.1, -0.05) is 12.1 Å². The summed E-state index contributed by atoms with van der Waals surface area (Å²) in [6.45, 7) is 7.87. The summed E-state index contributed by atoms with van der Waals surface area (Å²) in [5, 5.41) is 6.43. The van der Waals surface area contributed by atoms with Crippen LogP contribution in [0.5, 0.6) is 5.75 Å². The first-order valence-corrected chi connectivity index (χ1v) is 7.26. The van der Waals surface area contributed by atoms with E-state index in [0.29, 0.717) is 6.61 Å². The summed E-state index contributed by atoms with van der Waals surface area (Å²) >= 11 is 1.61. The molecule has 0 radical (unpaired) electrons. The van der Waals surface area contributed by atoms with Crippen molar-refractivity contribution in [3.05, 3.63) is 46.4 Å². The van der Waals surface area contributed by atoms with Crippen LogP contribution in [0.1, 0.15) is 31.3 Å². The highest BCUT2D eigenvalue weighted by atomic mass is 32.1. The molecule has 0 spiro atoms. The first kappa shape index (κ1) is 14.0. The first-order chi connectivity index (χ1) is 9.03. The van der Waals surface area contributed by atoms with Crippen LogP contribution in [0.3, 0.4) is 0 Å². The Hall–Kier alpha value is -1.39. The van der Waals surface area contributed by atoms with Gasteiger partial charge in [0, 0.05) is 23.7 Å². The molecule has 0 aliphatic carbocycles. The highest BCUT2D eigenvalue weighted by Crippen LogP contribution is 2.16. The number of ether oxygens (including phenoxy) is 1. The second kappa shape index (κ2) is 6.17. The molecule has 0 aliphatic heterocycles. The molecule has 0 saturated heterocycles. The van der Waals surface area contributed by atoms with Crippen LogP contribution >= 0.6 is 11.3 Å². The van der Waals surface area contributed by atoms with Crippen molar-refractivity contribution in [2.45, 2.75) is 39.5 Å². The van der Waals surface area contributed by atoms with E-state index >= 15 is 0 Å². The first-order valence-electron chi connectivity index (χ1n) is 6.38. The van der Waals surface area contributed by atoms with Gasteiger partial charge >= 0.3 is 0 Å². The van der Waals surface area contributed by atoms with E-state index in [1.807, 2.05) is 17.5 Å². The van der Waals surface area contributed by atoms with Crippen LogP contribution in [0.15, 0.2) is 35.8 Å². The van der Waals surface area contributed by atoms with Crippen LogP contribution in [-0.2, 0) is 13.2 Å². The van der Waals surface area contributed by atoms with Gasteiger partial charge in [-0.05, 0) is 38.5 Å². The van der Waals surface area contributed by atoms with Gasteiger partial charge in [0.25, 0.3) is 0 Å². The molecule has 1 aromatic heterocycles. The summed E-state index contributed by atoms with van der Waals surface area (Å²) in [5.74, 6) is 0.892. The van der Waals surface area contributed by atoms with Crippen LogP contribution in [0.4, 0.5) is 0 Å². The highest BCUT2D eigenvalue weighted by Gasteiger charge is 2.08. The zero-order chi connectivity index (χ0) is 13.7. The minimum Gasteiger partial charge on any atom is -0.486 e. The molecule has 2 rings (SSSR count). The lowest BCUT2D eigenvalue weighted by Crippen LogP contribution is -2.35. The molecule has 1 N–H and O–H groups in total. The van der Waals surface area contributed by atoms with E-state index in [1.54, 1.807) is 17.5 Å². The monoisotopic (exact) mass is 276 g/mol. The van der Waals surface area contributed by atoms with Gasteiger partial charge in [-0.3, -0.25) is 0 Å². The van der Waals surface area contributed by atoms with Gasteiger partial charge in [-0.25, -0.2) is 4.98 Å². The van der Waals surface area contributed by atoms with Crippen molar-refractivity contribution in [1.82, 2.24) is 10.3 Å². The highest BCUT2D eigenvalue weighted by molar-refractivity contribution is 7.09. The summed E-state index contributed by atoms with van der Waals surface area (Å²) in [6.07, 6.45) is 1.80. The van der Waals surface area contributed by atoms with E-state index in [9.17, 15) is 0 Å². The molecule has 1 aromatic carbocycles. The third kappa shape index (κ3) is 5.01. The van der Waals surface area contributed by atoms with Gasteiger partial charge in [-0.15, -0.1) is 11.3 Å². The van der Waals surface area contributed by atoms with Crippen LogP contribution in [-0.4, -0.2) is 10.5 Å². The van der Waals surface area contributed by atoms with Gasteiger partial charge in [0.05, 0.1) is 0 Å². The Balaban J connectivity index is 1.91. The molecule has 0 fully saturated rings. The van der Waals surface area contributed by atoms with E-state index in [4.69, 9.17) is 4.74 Å². The smallest absolute Gasteiger partial charge is 0.140 e. The normalized spacial score (nSPS) is 11.5. The van der Waals surface area contributed by atoms with Crippen LogP contribution in [0.25, 0.3) is 0 Å². The SMILES string of the molecule is CC(C)(C)NCc1cccc(OCc2nccs2)c1. The van der Waals surface area contributed by atoms with Gasteiger partial charge in [0.1, 0.15) is 17.4 Å². The number of hydrogen-bond acceptors (Lipinski definition) is 4. The molecule has 2 aromatic rings. The zero-order valence-electron chi connectivity index (χ0n) is 11.6. The Labute approximate surface area is 118 Å². The molecule has 3 nitrogen and oxygen atoms in total. The third-order valence-corrected chi connectivity index (χ3v) is 3.32. The molecule has 0 aliphatic rings. The molecule has 102 valence electrons. The summed E-state index contributed by atoms with van der Waals surface area (Å²) in [5.41, 5.74) is 1.35. The molecule has 0 bridgehead atoms. The maximum Gasteiger partial charge on any atom is 0.140 e. The molecule has 1 heterocycles. The fourth-order valence-corrected chi connectivity index (χ4v) is 2.11. The van der Waals surface area contributed by atoms with Crippen LogP contribution < -0.4 is 10.1 Å². The number of thiazole rings is 1. The van der Waals surface area contributed by atoms with Gasteiger partial charge in [-0.2, -0.15) is 0 Å². The summed E-state index contributed by atoms with van der Waals surface area (Å²) in [6, 6.07) is 8.19. The van der Waals surface area contributed by atoms with Crippen molar-refractivity contribution in [1.29, 1.82) is 0 Å². The van der Waals surface area contributed by atoms with Crippen LogP contribution in [0, 0.1) is 0 Å². The van der Waals surface area contributed by atoms with E-state index in [-0.39, 0.29) is 5.54 Å². The Morgan fingerprint density at radius 1 is 1.32 bits per heavy atom. The minimum atomic E-state index is 0.123. The molecule has 0 unspecified atom stereocenters.